The van der Waals surface area contributed by atoms with Crippen molar-refractivity contribution in [1.82, 2.24) is 15.1 Å². The van der Waals surface area contributed by atoms with Crippen LogP contribution in [0.2, 0.25) is 0 Å². The van der Waals surface area contributed by atoms with Crippen molar-refractivity contribution in [2.75, 3.05) is 17.7 Å². The van der Waals surface area contributed by atoms with Crippen molar-refractivity contribution in [3.05, 3.63) is 42.2 Å². The third-order valence-electron chi connectivity index (χ3n) is 3.53. The Bertz CT molecular complexity index is 729. The van der Waals surface area contributed by atoms with Crippen LogP contribution in [-0.2, 0) is 16.6 Å². The van der Waals surface area contributed by atoms with Gasteiger partial charge in [-0.2, -0.15) is 5.10 Å². The molecule has 1 atom stereocenters. The number of likely N-dealkylation sites (N-methyl/N-ethyl adjacent to an activating group) is 1. The predicted molar refractivity (Wildman–Crippen MR) is 101 cm³/mol. The number of nitrogens with one attached hydrogen (secondary N) is 3. The van der Waals surface area contributed by atoms with Gasteiger partial charge in [-0.25, -0.2) is 0 Å². The number of carbonyl (C=O) groups excluding carboxylic acids is 2. The topological polar surface area (TPSA) is 88.1 Å². The zero-order chi connectivity index (χ0) is 17.7. The maximum absolute atomic E-state index is 12.5. The van der Waals surface area contributed by atoms with Crippen LogP contribution in [0.5, 0.6) is 0 Å². The van der Waals surface area contributed by atoms with E-state index in [1.165, 1.54) is 0 Å². The minimum Gasteiger partial charge on any atom is -0.326 e. The Morgan fingerprint density at radius 3 is 2.20 bits per heavy atom. The Morgan fingerprint density at radius 2 is 1.72 bits per heavy atom. The highest BCUT2D eigenvalue weighted by molar-refractivity contribution is 5.97. The maximum Gasteiger partial charge on any atom is 0.246 e. The van der Waals surface area contributed by atoms with E-state index in [0.717, 1.165) is 5.56 Å². The van der Waals surface area contributed by atoms with Crippen LogP contribution < -0.4 is 16.0 Å². The van der Waals surface area contributed by atoms with E-state index in [1.54, 1.807) is 55.4 Å². The fourth-order valence-electron chi connectivity index (χ4n) is 2.21. The van der Waals surface area contributed by atoms with Crippen LogP contribution in [0.25, 0.3) is 0 Å². The summed E-state index contributed by atoms with van der Waals surface area (Å²) < 4.78 is 1.65. The van der Waals surface area contributed by atoms with Crippen molar-refractivity contribution < 1.29 is 9.59 Å². The summed E-state index contributed by atoms with van der Waals surface area (Å²) in [4.78, 5) is 24.3. The van der Waals surface area contributed by atoms with Gasteiger partial charge in [-0.1, -0.05) is 19.9 Å². The van der Waals surface area contributed by atoms with Crippen molar-refractivity contribution in [3.63, 3.8) is 0 Å². The number of rotatable bonds is 6. The molecule has 0 aliphatic heterocycles. The third-order valence-corrected chi connectivity index (χ3v) is 3.53. The SMILES string of the molecule is CNC(C(=O)Nc1cccc(NC(=O)C(C)C)c1)c1cnn(C)c1.Cl. The smallest absolute Gasteiger partial charge is 0.246 e. The van der Waals surface area contributed by atoms with Crippen LogP contribution in [0.4, 0.5) is 11.4 Å². The molecular weight excluding hydrogens is 342 g/mol. The lowest BCUT2D eigenvalue weighted by Gasteiger charge is -2.15. The van der Waals surface area contributed by atoms with Crippen LogP contribution in [-0.4, -0.2) is 28.6 Å². The zero-order valence-corrected chi connectivity index (χ0v) is 15.6. The van der Waals surface area contributed by atoms with Gasteiger partial charge in [0, 0.05) is 36.1 Å². The first kappa shape index (κ1) is 20.7. The largest absolute Gasteiger partial charge is 0.326 e. The molecule has 1 aromatic heterocycles. The lowest BCUT2D eigenvalue weighted by atomic mass is 10.1. The fourth-order valence-corrected chi connectivity index (χ4v) is 2.21. The molecule has 8 heteroatoms. The molecule has 0 saturated heterocycles. The molecule has 7 nitrogen and oxygen atoms in total. The summed E-state index contributed by atoms with van der Waals surface area (Å²) in [5.74, 6) is -0.373. The van der Waals surface area contributed by atoms with Crippen molar-refractivity contribution in [3.8, 4) is 0 Å². The highest BCUT2D eigenvalue weighted by atomic mass is 35.5. The first-order valence-electron chi connectivity index (χ1n) is 7.78. The normalized spacial score (nSPS) is 11.6. The molecule has 0 saturated carbocycles. The van der Waals surface area contributed by atoms with Gasteiger partial charge in [-0.15, -0.1) is 12.4 Å². The average molecular weight is 366 g/mol. The molecule has 0 bridgehead atoms. The van der Waals surface area contributed by atoms with E-state index in [4.69, 9.17) is 0 Å². The van der Waals surface area contributed by atoms with E-state index < -0.39 is 6.04 Å². The Balaban J connectivity index is 0.00000312. The van der Waals surface area contributed by atoms with E-state index in [-0.39, 0.29) is 30.1 Å². The van der Waals surface area contributed by atoms with Gasteiger partial charge in [0.05, 0.1) is 6.20 Å². The molecule has 0 radical (unpaired) electrons. The van der Waals surface area contributed by atoms with Gasteiger partial charge in [0.1, 0.15) is 6.04 Å². The molecule has 136 valence electrons. The summed E-state index contributed by atoms with van der Waals surface area (Å²) >= 11 is 0. The Hall–Kier alpha value is -2.38. The molecule has 2 rings (SSSR count). The molecule has 0 spiro atoms. The Morgan fingerprint density at radius 1 is 1.12 bits per heavy atom. The number of nitrogens with zero attached hydrogens (tertiary/aromatic N) is 2. The van der Waals surface area contributed by atoms with E-state index in [0.29, 0.717) is 11.4 Å². The van der Waals surface area contributed by atoms with Gasteiger partial charge in [0.15, 0.2) is 0 Å². The van der Waals surface area contributed by atoms with Gasteiger partial charge in [-0.3, -0.25) is 14.3 Å². The van der Waals surface area contributed by atoms with E-state index in [1.807, 2.05) is 13.8 Å². The molecule has 3 N–H and O–H groups in total. The summed E-state index contributed by atoms with van der Waals surface area (Å²) in [6.45, 7) is 3.65. The van der Waals surface area contributed by atoms with Crippen LogP contribution in [0.15, 0.2) is 36.7 Å². The first-order chi connectivity index (χ1) is 11.4. The molecule has 25 heavy (non-hydrogen) atoms. The van der Waals surface area contributed by atoms with Gasteiger partial charge in [0.2, 0.25) is 11.8 Å². The van der Waals surface area contributed by atoms with Crippen LogP contribution in [0, 0.1) is 5.92 Å². The van der Waals surface area contributed by atoms with E-state index in [9.17, 15) is 9.59 Å². The number of aromatic nitrogens is 2. The summed E-state index contributed by atoms with van der Waals surface area (Å²) in [7, 11) is 3.52. The molecular formula is C17H24ClN5O2. The molecule has 1 heterocycles. The van der Waals surface area contributed by atoms with E-state index in [2.05, 4.69) is 21.0 Å². The Kier molecular flexibility index (Phi) is 7.60. The quantitative estimate of drug-likeness (QED) is 0.733. The number of anilines is 2. The first-order valence-corrected chi connectivity index (χ1v) is 7.78. The number of hydrogen-bond acceptors (Lipinski definition) is 4. The third kappa shape index (κ3) is 5.58. The Labute approximate surface area is 153 Å². The lowest BCUT2D eigenvalue weighted by Crippen LogP contribution is -2.30. The van der Waals surface area contributed by atoms with E-state index >= 15 is 0 Å². The van der Waals surface area contributed by atoms with Gasteiger partial charge in [0.25, 0.3) is 0 Å². The molecule has 2 amide bonds. The van der Waals surface area contributed by atoms with Gasteiger partial charge >= 0.3 is 0 Å². The highest BCUT2D eigenvalue weighted by Crippen LogP contribution is 2.19. The van der Waals surface area contributed by atoms with Crippen LogP contribution >= 0.6 is 12.4 Å². The minimum atomic E-state index is -0.507. The van der Waals surface area contributed by atoms with Gasteiger partial charge in [-0.05, 0) is 25.2 Å². The standard InChI is InChI=1S/C17H23N5O2.ClH/c1-11(2)16(23)20-13-6-5-7-14(8-13)21-17(24)15(18-3)12-9-19-22(4)10-12;/h5-11,15,18H,1-4H3,(H,20,23)(H,21,24);1H. The number of hydrogen-bond donors (Lipinski definition) is 3. The van der Waals surface area contributed by atoms with Crippen LogP contribution in [0.1, 0.15) is 25.5 Å². The number of carbonyl (C=O) groups is 2. The second-order valence-electron chi connectivity index (χ2n) is 5.88. The number of amides is 2. The lowest BCUT2D eigenvalue weighted by molar-refractivity contribution is -0.119. The second-order valence-corrected chi connectivity index (χ2v) is 5.88. The van der Waals surface area contributed by atoms with Crippen molar-refractivity contribution in [2.24, 2.45) is 13.0 Å². The number of aryl methyl sites for hydroxylation is 1. The molecule has 0 aliphatic carbocycles. The van der Waals surface area contributed by atoms with Crippen molar-refractivity contribution in [1.29, 1.82) is 0 Å². The molecule has 0 fully saturated rings. The monoisotopic (exact) mass is 365 g/mol. The molecule has 1 aromatic carbocycles. The summed E-state index contributed by atoms with van der Waals surface area (Å²) in [6.07, 6.45) is 3.44. The van der Waals surface area contributed by atoms with Crippen molar-refractivity contribution >= 4 is 35.6 Å². The second kappa shape index (κ2) is 9.19. The summed E-state index contributed by atoms with van der Waals surface area (Å²) in [6, 6.07) is 6.57. The maximum atomic E-state index is 12.5. The molecule has 2 aromatic rings. The zero-order valence-electron chi connectivity index (χ0n) is 14.7. The minimum absolute atomic E-state index is 0. The highest BCUT2D eigenvalue weighted by Gasteiger charge is 2.20. The fraction of sp³-hybridized carbons (Fsp3) is 0.353. The predicted octanol–water partition coefficient (Wildman–Crippen LogP) is 2.34. The van der Waals surface area contributed by atoms with Crippen LogP contribution in [0.3, 0.4) is 0 Å². The summed E-state index contributed by atoms with van der Waals surface area (Å²) in [5.41, 5.74) is 2.04. The summed E-state index contributed by atoms with van der Waals surface area (Å²) in [5, 5.41) is 12.7. The van der Waals surface area contributed by atoms with Gasteiger partial charge < -0.3 is 16.0 Å². The average Bonchev–Trinajstić information content (AvgIpc) is 2.94. The molecule has 1 unspecified atom stereocenters. The van der Waals surface area contributed by atoms with Crippen molar-refractivity contribution in [2.45, 2.75) is 19.9 Å². The number of halogens is 1. The number of benzene rings is 1. The molecule has 0 aliphatic rings.